The highest BCUT2D eigenvalue weighted by Crippen LogP contribution is 2.22. The molecule has 1 aromatic heterocycles. The maximum Gasteiger partial charge on any atom is 0.320 e. The Bertz CT molecular complexity index is 680. The molecule has 2 rings (SSSR count). The number of phenols is 1. The molecule has 0 atom stereocenters. The van der Waals surface area contributed by atoms with Gasteiger partial charge in [-0.05, 0) is 30.5 Å². The Morgan fingerprint density at radius 1 is 1.22 bits per heavy atom. The number of amides is 2. The molecule has 0 fully saturated rings. The van der Waals surface area contributed by atoms with E-state index in [9.17, 15) is 9.90 Å². The summed E-state index contributed by atoms with van der Waals surface area (Å²) in [6.07, 6.45) is 1.37. The van der Waals surface area contributed by atoms with Crippen LogP contribution in [0.3, 0.4) is 0 Å². The molecule has 0 spiro atoms. The monoisotopic (exact) mass is 316 g/mol. The number of hydrogen-bond donors (Lipinski definition) is 3. The number of rotatable bonds is 5. The molecule has 7 nitrogen and oxygen atoms in total. The average Bonchev–Trinajstić information content (AvgIpc) is 2.51. The molecule has 0 aliphatic carbocycles. The van der Waals surface area contributed by atoms with Crippen LogP contribution in [0.15, 0.2) is 24.5 Å². The molecule has 0 aliphatic rings. The minimum Gasteiger partial charge on any atom is -0.507 e. The molecular formula is C16H20N4O3. The molecule has 122 valence electrons. The predicted molar refractivity (Wildman–Crippen MR) is 86.2 cm³/mol. The second-order valence-electron chi connectivity index (χ2n) is 5.21. The number of urea groups is 1. The van der Waals surface area contributed by atoms with E-state index in [1.807, 2.05) is 26.0 Å². The molecule has 0 unspecified atom stereocenters. The van der Waals surface area contributed by atoms with Gasteiger partial charge in [-0.2, -0.15) is 0 Å². The van der Waals surface area contributed by atoms with Gasteiger partial charge in [-0.15, -0.1) is 0 Å². The summed E-state index contributed by atoms with van der Waals surface area (Å²) in [5.74, 6) is 0.687. The van der Waals surface area contributed by atoms with E-state index in [1.54, 1.807) is 13.2 Å². The first-order chi connectivity index (χ1) is 11.0. The molecule has 23 heavy (non-hydrogen) atoms. The maximum atomic E-state index is 11.9. The van der Waals surface area contributed by atoms with Gasteiger partial charge >= 0.3 is 6.03 Å². The number of ether oxygens (including phenoxy) is 1. The highest BCUT2D eigenvalue weighted by Gasteiger charge is 2.07. The molecule has 0 saturated heterocycles. The summed E-state index contributed by atoms with van der Waals surface area (Å²) in [6.45, 7) is 4.35. The van der Waals surface area contributed by atoms with Gasteiger partial charge in [0, 0.05) is 19.7 Å². The lowest BCUT2D eigenvalue weighted by Crippen LogP contribution is -2.28. The third-order valence-corrected chi connectivity index (χ3v) is 3.26. The highest BCUT2D eigenvalue weighted by molar-refractivity contribution is 5.88. The van der Waals surface area contributed by atoms with Gasteiger partial charge < -0.3 is 15.2 Å². The van der Waals surface area contributed by atoms with Crippen LogP contribution in [-0.4, -0.2) is 28.2 Å². The Hall–Kier alpha value is -2.67. The third kappa shape index (κ3) is 4.65. The first kappa shape index (κ1) is 16.7. The van der Waals surface area contributed by atoms with Gasteiger partial charge in [0.2, 0.25) is 0 Å². The molecule has 0 bridgehead atoms. The van der Waals surface area contributed by atoms with Crippen LogP contribution in [0.2, 0.25) is 0 Å². The van der Waals surface area contributed by atoms with Crippen LogP contribution >= 0.6 is 0 Å². The fourth-order valence-corrected chi connectivity index (χ4v) is 2.18. The van der Waals surface area contributed by atoms with E-state index >= 15 is 0 Å². The summed E-state index contributed by atoms with van der Waals surface area (Å²) in [6, 6.07) is 4.96. The Morgan fingerprint density at radius 2 is 1.91 bits per heavy atom. The smallest absolute Gasteiger partial charge is 0.320 e. The predicted octanol–water partition coefficient (Wildman–Crippen LogP) is 2.27. The number of nitrogens with one attached hydrogen (secondary N) is 2. The van der Waals surface area contributed by atoms with Gasteiger partial charge in [0.05, 0.1) is 12.3 Å². The summed E-state index contributed by atoms with van der Waals surface area (Å²) < 4.78 is 4.99. The van der Waals surface area contributed by atoms with Gasteiger partial charge in [0.15, 0.2) is 0 Å². The zero-order valence-electron chi connectivity index (χ0n) is 13.4. The second kappa shape index (κ2) is 7.55. The minimum atomic E-state index is -0.365. The molecular weight excluding hydrogens is 296 g/mol. The number of aromatic hydroxyl groups is 1. The molecule has 0 aliphatic heterocycles. The standard InChI is InChI=1S/C16H20N4O3/c1-10-4-12(5-11(2)15(10)21)7-17-16(22)20-14-6-13(8-23-3)18-9-19-14/h4-6,9,21H,7-8H2,1-3H3,(H2,17,18,19,20,22). The van der Waals surface area contributed by atoms with Crippen LogP contribution in [-0.2, 0) is 17.9 Å². The van der Waals surface area contributed by atoms with Gasteiger partial charge in [-0.25, -0.2) is 14.8 Å². The zero-order valence-corrected chi connectivity index (χ0v) is 13.4. The van der Waals surface area contributed by atoms with Gasteiger partial charge in [0.25, 0.3) is 0 Å². The largest absolute Gasteiger partial charge is 0.507 e. The summed E-state index contributed by atoms with van der Waals surface area (Å²) in [4.78, 5) is 19.9. The number of hydrogen-bond acceptors (Lipinski definition) is 5. The van der Waals surface area contributed by atoms with Crippen LogP contribution in [0.1, 0.15) is 22.4 Å². The van der Waals surface area contributed by atoms with Crippen molar-refractivity contribution in [1.82, 2.24) is 15.3 Å². The van der Waals surface area contributed by atoms with E-state index in [0.29, 0.717) is 24.7 Å². The number of aryl methyl sites for hydroxylation is 2. The third-order valence-electron chi connectivity index (χ3n) is 3.26. The van der Waals surface area contributed by atoms with E-state index in [1.165, 1.54) is 6.33 Å². The van der Waals surface area contributed by atoms with Crippen LogP contribution in [0.25, 0.3) is 0 Å². The second-order valence-corrected chi connectivity index (χ2v) is 5.21. The number of benzene rings is 1. The van der Waals surface area contributed by atoms with Gasteiger partial charge in [0.1, 0.15) is 17.9 Å². The van der Waals surface area contributed by atoms with Crippen molar-refractivity contribution in [1.29, 1.82) is 0 Å². The van der Waals surface area contributed by atoms with Crippen LogP contribution in [0.5, 0.6) is 5.75 Å². The van der Waals surface area contributed by atoms with Crippen molar-refractivity contribution in [3.8, 4) is 5.75 Å². The van der Waals surface area contributed by atoms with E-state index in [0.717, 1.165) is 16.7 Å². The number of phenolic OH excluding ortho intramolecular Hbond substituents is 1. The molecule has 2 amide bonds. The zero-order chi connectivity index (χ0) is 16.8. The molecule has 0 saturated carbocycles. The van der Waals surface area contributed by atoms with Crippen LogP contribution < -0.4 is 10.6 Å². The van der Waals surface area contributed by atoms with Crippen molar-refractivity contribution in [2.24, 2.45) is 0 Å². The summed E-state index contributed by atoms with van der Waals surface area (Å²) >= 11 is 0. The molecule has 1 heterocycles. The Morgan fingerprint density at radius 3 is 2.57 bits per heavy atom. The van der Waals surface area contributed by atoms with Gasteiger partial charge in [-0.1, -0.05) is 12.1 Å². The number of carbonyl (C=O) groups excluding carboxylic acids is 1. The lowest BCUT2D eigenvalue weighted by molar-refractivity contribution is 0.181. The Balaban J connectivity index is 1.94. The summed E-state index contributed by atoms with van der Waals surface area (Å²) in [7, 11) is 1.57. The van der Waals surface area contributed by atoms with Crippen LogP contribution in [0, 0.1) is 13.8 Å². The van der Waals surface area contributed by atoms with Crippen molar-refractivity contribution in [2.45, 2.75) is 27.0 Å². The van der Waals surface area contributed by atoms with E-state index in [2.05, 4.69) is 20.6 Å². The molecule has 3 N–H and O–H groups in total. The van der Waals surface area contributed by atoms with Crippen molar-refractivity contribution in [3.05, 3.63) is 46.9 Å². The van der Waals surface area contributed by atoms with Crippen molar-refractivity contribution in [2.75, 3.05) is 12.4 Å². The van der Waals surface area contributed by atoms with E-state index in [-0.39, 0.29) is 11.8 Å². The molecule has 2 aromatic rings. The SMILES string of the molecule is COCc1cc(NC(=O)NCc2cc(C)c(O)c(C)c2)ncn1. The lowest BCUT2D eigenvalue weighted by atomic mass is 10.1. The Labute approximate surface area is 134 Å². The van der Waals surface area contributed by atoms with Crippen molar-refractivity contribution >= 4 is 11.8 Å². The topological polar surface area (TPSA) is 96.4 Å². The Kier molecular flexibility index (Phi) is 5.48. The summed E-state index contributed by atoms with van der Waals surface area (Å²) in [5.41, 5.74) is 3.16. The number of carbonyl (C=O) groups is 1. The first-order valence-electron chi connectivity index (χ1n) is 7.13. The normalized spacial score (nSPS) is 10.4. The minimum absolute atomic E-state index is 0.282. The fourth-order valence-electron chi connectivity index (χ4n) is 2.18. The number of anilines is 1. The number of nitrogens with zero attached hydrogens (tertiary/aromatic N) is 2. The van der Waals surface area contributed by atoms with Crippen LogP contribution in [0.4, 0.5) is 10.6 Å². The van der Waals surface area contributed by atoms with Crippen molar-refractivity contribution in [3.63, 3.8) is 0 Å². The van der Waals surface area contributed by atoms with E-state index in [4.69, 9.17) is 4.74 Å². The first-order valence-corrected chi connectivity index (χ1v) is 7.13. The lowest BCUT2D eigenvalue weighted by Gasteiger charge is -2.10. The molecule has 7 heteroatoms. The van der Waals surface area contributed by atoms with Crippen molar-refractivity contribution < 1.29 is 14.6 Å². The number of methoxy groups -OCH3 is 1. The quantitative estimate of drug-likeness (QED) is 0.786. The van der Waals surface area contributed by atoms with Gasteiger partial charge in [-0.3, -0.25) is 5.32 Å². The number of aromatic nitrogens is 2. The molecule has 0 radical (unpaired) electrons. The molecule has 1 aromatic carbocycles. The fraction of sp³-hybridized carbons (Fsp3) is 0.312. The maximum absolute atomic E-state index is 11.9. The van der Waals surface area contributed by atoms with E-state index < -0.39 is 0 Å². The average molecular weight is 316 g/mol. The highest BCUT2D eigenvalue weighted by atomic mass is 16.5. The summed E-state index contributed by atoms with van der Waals surface area (Å²) in [5, 5.41) is 15.1.